The molecule has 2 aromatic heterocycles. The highest BCUT2D eigenvalue weighted by atomic mass is 16.6. The summed E-state index contributed by atoms with van der Waals surface area (Å²) in [4.78, 5) is 12.1. The van der Waals surface area contributed by atoms with Gasteiger partial charge >= 0.3 is 6.01 Å². The van der Waals surface area contributed by atoms with Crippen molar-refractivity contribution in [2.75, 3.05) is 18.9 Å². The molecule has 1 aliphatic rings. The van der Waals surface area contributed by atoms with E-state index < -0.39 is 31.1 Å². The molecule has 10 heteroatoms. The number of nitrogens with zero attached hydrogens (tertiary/aromatic N) is 4. The monoisotopic (exact) mass is 321 g/mol. The van der Waals surface area contributed by atoms with Gasteiger partial charge < -0.3 is 30.5 Å². The second kappa shape index (κ2) is 5.98. The van der Waals surface area contributed by atoms with Gasteiger partial charge in [-0.2, -0.15) is 9.97 Å². The molecule has 10 nitrogen and oxygen atoms in total. The number of hydrogen-bond acceptors (Lipinski definition) is 9. The first kappa shape index (κ1) is 15.4. The van der Waals surface area contributed by atoms with Crippen molar-refractivity contribution in [2.45, 2.75) is 24.5 Å². The Balaban J connectivity index is 2.01. The predicted molar refractivity (Wildman–Crippen MR) is 77.1 cm³/mol. The largest absolute Gasteiger partial charge is 0.450 e. The first-order valence-electron chi connectivity index (χ1n) is 6.75. The van der Waals surface area contributed by atoms with Gasteiger partial charge in [0.15, 0.2) is 29.8 Å². The molecule has 3 heterocycles. The number of fused-ring (bicyclic) bond motifs is 1. The number of ether oxygens (including phenoxy) is 2. The van der Waals surface area contributed by atoms with Crippen LogP contribution in [0.3, 0.4) is 0 Å². The minimum atomic E-state index is -1.27. The van der Waals surface area contributed by atoms with Crippen LogP contribution in [-0.2, 0) is 4.74 Å². The molecule has 0 radical (unpaired) electrons. The number of aromatic nitrogens is 4. The summed E-state index contributed by atoms with van der Waals surface area (Å²) in [6.45, 7) is -0.470. The van der Waals surface area contributed by atoms with Crippen molar-refractivity contribution in [3.05, 3.63) is 6.33 Å². The molecular formula is C13H15N5O5. The Bertz CT molecular complexity index is 757. The van der Waals surface area contributed by atoms with Gasteiger partial charge in [0.1, 0.15) is 18.3 Å². The van der Waals surface area contributed by atoms with Crippen LogP contribution in [0, 0.1) is 12.3 Å². The van der Waals surface area contributed by atoms with Crippen molar-refractivity contribution in [3.8, 4) is 18.4 Å². The van der Waals surface area contributed by atoms with Crippen LogP contribution in [0.25, 0.3) is 11.2 Å². The predicted octanol–water partition coefficient (Wildman–Crippen LogP) is -1.97. The van der Waals surface area contributed by atoms with Crippen molar-refractivity contribution in [2.24, 2.45) is 0 Å². The van der Waals surface area contributed by atoms with Gasteiger partial charge in [0, 0.05) is 0 Å². The first-order chi connectivity index (χ1) is 11.1. The zero-order chi connectivity index (χ0) is 16.6. The summed E-state index contributed by atoms with van der Waals surface area (Å²) in [6, 6.07) is -0.0403. The van der Waals surface area contributed by atoms with Gasteiger partial charge in [0.25, 0.3) is 0 Å². The standard InChI is InChI=1S/C13H15N5O5/c1-2-3-22-13-16-10(14)7-11(17-13)18(5-15-7)12-9(21)8(20)6(4-19)23-12/h1,5-6,8-9,12,19-21H,3-4H2,(H2,14,16,17)/t6-,8-,9-,12-/m1/s1. The number of nitrogen functional groups attached to an aromatic ring is 1. The summed E-state index contributed by atoms with van der Waals surface area (Å²) in [5, 5.41) is 29.1. The van der Waals surface area contributed by atoms with Gasteiger partial charge in [0.2, 0.25) is 0 Å². The van der Waals surface area contributed by atoms with E-state index in [4.69, 9.17) is 26.7 Å². The van der Waals surface area contributed by atoms with Crippen molar-refractivity contribution in [3.63, 3.8) is 0 Å². The summed E-state index contributed by atoms with van der Waals surface area (Å²) in [5.41, 5.74) is 6.34. The van der Waals surface area contributed by atoms with Crippen LogP contribution in [0.15, 0.2) is 6.33 Å². The molecular weight excluding hydrogens is 306 g/mol. The van der Waals surface area contributed by atoms with Crippen molar-refractivity contribution >= 4 is 17.0 Å². The Morgan fingerprint density at radius 1 is 1.39 bits per heavy atom. The quantitative estimate of drug-likeness (QED) is 0.470. The third-order valence-electron chi connectivity index (χ3n) is 3.50. The summed E-state index contributed by atoms with van der Waals surface area (Å²) in [6.07, 6.45) is 2.06. The maximum Gasteiger partial charge on any atom is 0.321 e. The van der Waals surface area contributed by atoms with E-state index >= 15 is 0 Å². The third kappa shape index (κ3) is 2.55. The van der Waals surface area contributed by atoms with Crippen LogP contribution >= 0.6 is 0 Å². The van der Waals surface area contributed by atoms with Gasteiger partial charge in [-0.05, 0) is 0 Å². The molecule has 3 rings (SSSR count). The Morgan fingerprint density at radius 3 is 2.83 bits per heavy atom. The van der Waals surface area contributed by atoms with E-state index in [2.05, 4.69) is 20.9 Å². The molecule has 0 saturated carbocycles. The lowest BCUT2D eigenvalue weighted by Crippen LogP contribution is -2.33. The fourth-order valence-electron chi connectivity index (χ4n) is 2.38. The number of aliphatic hydroxyl groups excluding tert-OH is 3. The van der Waals surface area contributed by atoms with Gasteiger partial charge in [-0.1, -0.05) is 5.92 Å². The third-order valence-corrected chi connectivity index (χ3v) is 3.50. The fourth-order valence-corrected chi connectivity index (χ4v) is 2.38. The zero-order valence-corrected chi connectivity index (χ0v) is 11.9. The SMILES string of the molecule is C#CCOc1nc(N)c2ncn([C@@H]3O[C@H](CO)[C@@H](O)[C@H]3O)c2n1. The lowest BCUT2D eigenvalue weighted by Gasteiger charge is -2.16. The van der Waals surface area contributed by atoms with E-state index in [0.717, 1.165) is 0 Å². The number of rotatable bonds is 4. The molecule has 1 aliphatic heterocycles. The number of hydrogen-bond donors (Lipinski definition) is 4. The summed E-state index contributed by atoms with van der Waals surface area (Å²) in [7, 11) is 0. The fraction of sp³-hybridized carbons (Fsp3) is 0.462. The number of aliphatic hydroxyl groups is 3. The number of nitrogens with two attached hydrogens (primary N) is 1. The number of terminal acetylenes is 1. The Kier molecular flexibility index (Phi) is 4.01. The van der Waals surface area contributed by atoms with Gasteiger partial charge in [-0.25, -0.2) is 4.98 Å². The lowest BCUT2D eigenvalue weighted by molar-refractivity contribution is -0.0511. The van der Waals surface area contributed by atoms with Crippen LogP contribution in [0.4, 0.5) is 5.82 Å². The van der Waals surface area contributed by atoms with Gasteiger partial charge in [-0.15, -0.1) is 6.42 Å². The summed E-state index contributed by atoms with van der Waals surface area (Å²) in [5.74, 6) is 2.36. The first-order valence-corrected chi connectivity index (χ1v) is 6.75. The molecule has 2 aromatic rings. The van der Waals surface area contributed by atoms with Gasteiger partial charge in [-0.3, -0.25) is 4.57 Å². The molecule has 1 saturated heterocycles. The molecule has 0 bridgehead atoms. The highest BCUT2D eigenvalue weighted by Gasteiger charge is 2.44. The minimum absolute atomic E-state index is 0.0348. The molecule has 0 aliphatic carbocycles. The normalized spacial score (nSPS) is 27.2. The van der Waals surface area contributed by atoms with E-state index in [9.17, 15) is 10.2 Å². The molecule has 0 unspecified atom stereocenters. The molecule has 0 spiro atoms. The number of anilines is 1. The Morgan fingerprint density at radius 2 is 2.17 bits per heavy atom. The topological polar surface area (TPSA) is 149 Å². The lowest BCUT2D eigenvalue weighted by atomic mass is 10.1. The minimum Gasteiger partial charge on any atom is -0.450 e. The summed E-state index contributed by atoms with van der Waals surface area (Å²) < 4.78 is 12.0. The van der Waals surface area contributed by atoms with Crippen LogP contribution < -0.4 is 10.5 Å². The molecule has 1 fully saturated rings. The number of imidazole rings is 1. The molecule has 122 valence electrons. The molecule has 5 N–H and O–H groups in total. The Hall–Kier alpha value is -2.45. The maximum absolute atomic E-state index is 10.1. The van der Waals surface area contributed by atoms with Crippen molar-refractivity contribution in [1.82, 2.24) is 19.5 Å². The summed E-state index contributed by atoms with van der Waals surface area (Å²) >= 11 is 0. The van der Waals surface area contributed by atoms with Crippen LogP contribution in [-0.4, -0.2) is 66.4 Å². The van der Waals surface area contributed by atoms with E-state index in [1.54, 1.807) is 0 Å². The average molecular weight is 321 g/mol. The van der Waals surface area contributed by atoms with Crippen molar-refractivity contribution < 1.29 is 24.8 Å². The maximum atomic E-state index is 10.1. The molecule has 4 atom stereocenters. The molecule has 0 aromatic carbocycles. The second-order valence-corrected chi connectivity index (χ2v) is 4.94. The van der Waals surface area contributed by atoms with Gasteiger partial charge in [0.05, 0.1) is 12.9 Å². The zero-order valence-electron chi connectivity index (χ0n) is 11.9. The van der Waals surface area contributed by atoms with Crippen molar-refractivity contribution in [1.29, 1.82) is 0 Å². The van der Waals surface area contributed by atoms with Crippen LogP contribution in [0.1, 0.15) is 6.23 Å². The highest BCUT2D eigenvalue weighted by molar-refractivity contribution is 5.82. The highest BCUT2D eigenvalue weighted by Crippen LogP contribution is 2.32. The van der Waals surface area contributed by atoms with Crippen LogP contribution in [0.5, 0.6) is 6.01 Å². The van der Waals surface area contributed by atoms with E-state index in [0.29, 0.717) is 0 Å². The van der Waals surface area contributed by atoms with E-state index in [1.807, 2.05) is 0 Å². The Labute approximate surface area is 130 Å². The second-order valence-electron chi connectivity index (χ2n) is 4.94. The average Bonchev–Trinajstić information content (AvgIpc) is 3.08. The molecule has 23 heavy (non-hydrogen) atoms. The van der Waals surface area contributed by atoms with E-state index in [-0.39, 0.29) is 29.6 Å². The smallest absolute Gasteiger partial charge is 0.321 e. The van der Waals surface area contributed by atoms with Crippen LogP contribution in [0.2, 0.25) is 0 Å². The molecule has 0 amide bonds. The van der Waals surface area contributed by atoms with E-state index in [1.165, 1.54) is 10.9 Å².